The Morgan fingerprint density at radius 3 is 2.19 bits per heavy atom. The van der Waals surface area contributed by atoms with Gasteiger partial charge in [-0.2, -0.15) is 0 Å². The molecule has 1 fully saturated rings. The SMILES string of the molecule is Cc1cc(C)c(C2=C(OC(=O)CC(C)(C)C)C3(CCCC3)OC2=O)c(C)c1. The summed E-state index contributed by atoms with van der Waals surface area (Å²) >= 11 is 0. The highest BCUT2D eigenvalue weighted by Gasteiger charge is 2.52. The fourth-order valence-corrected chi connectivity index (χ4v) is 4.39. The maximum Gasteiger partial charge on any atom is 0.343 e. The summed E-state index contributed by atoms with van der Waals surface area (Å²) in [7, 11) is 0. The quantitative estimate of drug-likeness (QED) is 0.689. The first-order valence-electron chi connectivity index (χ1n) is 9.79. The molecule has 2 aliphatic rings. The highest BCUT2D eigenvalue weighted by atomic mass is 16.6. The third-order valence-corrected chi connectivity index (χ3v) is 5.36. The molecule has 0 unspecified atom stereocenters. The number of benzene rings is 1. The lowest BCUT2D eigenvalue weighted by Crippen LogP contribution is -2.31. The van der Waals surface area contributed by atoms with E-state index in [1.807, 2.05) is 41.5 Å². The van der Waals surface area contributed by atoms with Crippen LogP contribution in [-0.2, 0) is 19.1 Å². The maximum absolute atomic E-state index is 12.9. The van der Waals surface area contributed by atoms with Crippen molar-refractivity contribution in [1.29, 1.82) is 0 Å². The molecule has 4 heteroatoms. The Kier molecular flexibility index (Phi) is 4.96. The van der Waals surface area contributed by atoms with Crippen molar-refractivity contribution in [3.05, 3.63) is 40.1 Å². The van der Waals surface area contributed by atoms with Crippen LogP contribution < -0.4 is 0 Å². The zero-order valence-electron chi connectivity index (χ0n) is 17.3. The minimum Gasteiger partial charge on any atom is -0.447 e. The molecule has 27 heavy (non-hydrogen) atoms. The van der Waals surface area contributed by atoms with E-state index in [0.717, 1.165) is 35.1 Å². The first-order valence-corrected chi connectivity index (χ1v) is 9.79. The number of ether oxygens (including phenoxy) is 2. The van der Waals surface area contributed by atoms with E-state index in [9.17, 15) is 9.59 Å². The lowest BCUT2D eigenvalue weighted by atomic mass is 9.89. The third-order valence-electron chi connectivity index (χ3n) is 5.36. The molecule has 0 radical (unpaired) electrons. The van der Waals surface area contributed by atoms with Crippen LogP contribution in [0.3, 0.4) is 0 Å². The molecule has 1 spiro atoms. The Hall–Kier alpha value is -2.10. The third kappa shape index (κ3) is 3.80. The number of aryl methyl sites for hydroxylation is 3. The van der Waals surface area contributed by atoms with Gasteiger partial charge in [0.05, 0.1) is 6.42 Å². The van der Waals surface area contributed by atoms with Gasteiger partial charge in [0, 0.05) is 0 Å². The first-order chi connectivity index (χ1) is 12.5. The van der Waals surface area contributed by atoms with E-state index < -0.39 is 5.60 Å². The molecule has 146 valence electrons. The van der Waals surface area contributed by atoms with Gasteiger partial charge in [-0.15, -0.1) is 0 Å². The average Bonchev–Trinajstić information content (AvgIpc) is 3.05. The van der Waals surface area contributed by atoms with Gasteiger partial charge in [-0.3, -0.25) is 4.79 Å². The van der Waals surface area contributed by atoms with Gasteiger partial charge in [0.15, 0.2) is 11.4 Å². The van der Waals surface area contributed by atoms with Crippen molar-refractivity contribution >= 4 is 17.5 Å². The number of esters is 2. The van der Waals surface area contributed by atoms with E-state index in [2.05, 4.69) is 12.1 Å². The second-order valence-electron chi connectivity index (χ2n) is 9.28. The number of hydrogen-bond donors (Lipinski definition) is 0. The topological polar surface area (TPSA) is 52.6 Å². The van der Waals surface area contributed by atoms with Gasteiger partial charge >= 0.3 is 11.9 Å². The summed E-state index contributed by atoms with van der Waals surface area (Å²) < 4.78 is 11.8. The van der Waals surface area contributed by atoms with E-state index in [4.69, 9.17) is 9.47 Å². The summed E-state index contributed by atoms with van der Waals surface area (Å²) in [6.07, 6.45) is 3.65. The predicted octanol–water partition coefficient (Wildman–Crippen LogP) is 5.17. The van der Waals surface area contributed by atoms with Crippen molar-refractivity contribution in [3.63, 3.8) is 0 Å². The van der Waals surface area contributed by atoms with Crippen molar-refractivity contribution in [2.24, 2.45) is 5.41 Å². The Morgan fingerprint density at radius 1 is 1.11 bits per heavy atom. The Morgan fingerprint density at radius 2 is 1.67 bits per heavy atom. The average molecular weight is 370 g/mol. The minimum absolute atomic E-state index is 0.181. The van der Waals surface area contributed by atoms with E-state index >= 15 is 0 Å². The number of carbonyl (C=O) groups is 2. The highest BCUT2D eigenvalue weighted by molar-refractivity contribution is 6.20. The monoisotopic (exact) mass is 370 g/mol. The molecule has 4 nitrogen and oxygen atoms in total. The summed E-state index contributed by atoms with van der Waals surface area (Å²) in [4.78, 5) is 25.6. The summed E-state index contributed by atoms with van der Waals surface area (Å²) in [6.45, 7) is 12.0. The van der Waals surface area contributed by atoms with Gasteiger partial charge in [0.2, 0.25) is 0 Å². The Labute approximate surface area is 161 Å². The molecule has 1 aliphatic carbocycles. The molecular formula is C23H30O4. The van der Waals surface area contributed by atoms with Crippen LogP contribution in [-0.4, -0.2) is 17.5 Å². The van der Waals surface area contributed by atoms with Crippen LogP contribution in [0.1, 0.15) is 75.1 Å². The lowest BCUT2D eigenvalue weighted by molar-refractivity contribution is -0.153. The van der Waals surface area contributed by atoms with Gasteiger partial charge in [0.25, 0.3) is 0 Å². The molecule has 0 saturated heterocycles. The Bertz CT molecular complexity index is 794. The number of hydrogen-bond acceptors (Lipinski definition) is 4. The van der Waals surface area contributed by atoms with Crippen LogP contribution in [0.5, 0.6) is 0 Å². The molecular weight excluding hydrogens is 340 g/mol. The number of carbonyl (C=O) groups excluding carboxylic acids is 2. The molecule has 0 N–H and O–H groups in total. The second kappa shape index (κ2) is 6.81. The maximum atomic E-state index is 12.9. The molecule has 1 aliphatic heterocycles. The molecule has 1 aromatic rings. The lowest BCUT2D eigenvalue weighted by Gasteiger charge is -2.26. The van der Waals surface area contributed by atoms with Crippen molar-refractivity contribution in [2.45, 2.75) is 79.2 Å². The van der Waals surface area contributed by atoms with Crippen molar-refractivity contribution in [2.75, 3.05) is 0 Å². The zero-order chi connectivity index (χ0) is 20.0. The van der Waals surface area contributed by atoms with Gasteiger partial charge in [-0.1, -0.05) is 38.5 Å². The summed E-state index contributed by atoms with van der Waals surface area (Å²) in [5.41, 5.74) is 3.46. The normalized spacial score (nSPS) is 19.0. The van der Waals surface area contributed by atoms with E-state index in [1.54, 1.807) is 0 Å². The molecule has 0 aromatic heterocycles. The fourth-order valence-electron chi connectivity index (χ4n) is 4.39. The van der Waals surface area contributed by atoms with Gasteiger partial charge in [-0.05, 0) is 68.6 Å². The van der Waals surface area contributed by atoms with Crippen molar-refractivity contribution < 1.29 is 19.1 Å². The smallest absolute Gasteiger partial charge is 0.343 e. The molecule has 0 atom stereocenters. The summed E-state index contributed by atoms with van der Waals surface area (Å²) in [5.74, 6) is -0.234. The molecule has 3 rings (SSSR count). The molecule has 1 heterocycles. The molecule has 1 saturated carbocycles. The fraction of sp³-hybridized carbons (Fsp3) is 0.565. The van der Waals surface area contributed by atoms with Crippen LogP contribution in [0, 0.1) is 26.2 Å². The van der Waals surface area contributed by atoms with Crippen LogP contribution in [0.2, 0.25) is 0 Å². The van der Waals surface area contributed by atoms with Crippen LogP contribution in [0.4, 0.5) is 0 Å². The van der Waals surface area contributed by atoms with Crippen LogP contribution >= 0.6 is 0 Å². The van der Waals surface area contributed by atoms with E-state index in [1.165, 1.54) is 0 Å². The standard InChI is InChI=1S/C23H30O4/c1-14-11-15(2)18(16(3)12-14)19-20(26-17(24)13-22(4,5)6)23(27-21(19)25)9-7-8-10-23/h11-12H,7-10,13H2,1-6H3. The number of rotatable bonds is 3. The summed E-state index contributed by atoms with van der Waals surface area (Å²) in [6, 6.07) is 4.10. The Balaban J connectivity index is 2.13. The highest BCUT2D eigenvalue weighted by Crippen LogP contribution is 2.49. The summed E-state index contributed by atoms with van der Waals surface area (Å²) in [5, 5.41) is 0. The molecule has 1 aromatic carbocycles. The van der Waals surface area contributed by atoms with Crippen LogP contribution in [0.15, 0.2) is 17.9 Å². The largest absolute Gasteiger partial charge is 0.447 e. The van der Waals surface area contributed by atoms with E-state index in [0.29, 0.717) is 30.6 Å². The van der Waals surface area contributed by atoms with Crippen molar-refractivity contribution in [1.82, 2.24) is 0 Å². The van der Waals surface area contributed by atoms with Gasteiger partial charge in [0.1, 0.15) is 5.57 Å². The minimum atomic E-state index is -0.774. The van der Waals surface area contributed by atoms with Gasteiger partial charge < -0.3 is 9.47 Å². The zero-order valence-corrected chi connectivity index (χ0v) is 17.3. The van der Waals surface area contributed by atoms with Crippen LogP contribution in [0.25, 0.3) is 5.57 Å². The second-order valence-corrected chi connectivity index (χ2v) is 9.28. The van der Waals surface area contributed by atoms with Crippen molar-refractivity contribution in [3.8, 4) is 0 Å². The first kappa shape index (κ1) is 19.7. The van der Waals surface area contributed by atoms with Gasteiger partial charge in [-0.25, -0.2) is 4.79 Å². The predicted molar refractivity (Wildman–Crippen MR) is 105 cm³/mol. The van der Waals surface area contributed by atoms with E-state index in [-0.39, 0.29) is 17.4 Å². The molecule has 0 bridgehead atoms. The molecule has 0 amide bonds.